The lowest BCUT2D eigenvalue weighted by atomic mass is 9.95. The van der Waals surface area contributed by atoms with Gasteiger partial charge in [0.15, 0.2) is 5.82 Å². The van der Waals surface area contributed by atoms with E-state index in [2.05, 4.69) is 30.8 Å². The molecule has 8 nitrogen and oxygen atoms in total. The third kappa shape index (κ3) is 4.58. The van der Waals surface area contributed by atoms with E-state index in [1.54, 1.807) is 6.92 Å². The number of fused-ring (bicyclic) bond motifs is 2. The predicted molar refractivity (Wildman–Crippen MR) is 137 cm³/mol. The fourth-order valence-corrected chi connectivity index (χ4v) is 6.63. The molecule has 0 atom stereocenters. The Labute approximate surface area is 208 Å². The average molecular weight is 478 g/mol. The SMILES string of the molecule is CC(=O)N1CCc2c(c(N3CCCc4ccncc43)nn2C2CCN(CC3CCNCC3)CC2)C1. The molecule has 2 saturated heterocycles. The fraction of sp³-hybridized carbons (Fsp3) is 0.667. The average Bonchev–Trinajstić information content (AvgIpc) is 3.28. The number of anilines is 2. The molecule has 6 rings (SSSR count). The van der Waals surface area contributed by atoms with Crippen LogP contribution in [-0.2, 0) is 24.2 Å². The Morgan fingerprint density at radius 3 is 2.71 bits per heavy atom. The Bertz CT molecular complexity index is 1050. The summed E-state index contributed by atoms with van der Waals surface area (Å²) in [5, 5.41) is 8.82. The first kappa shape index (κ1) is 23.0. The van der Waals surface area contributed by atoms with E-state index in [4.69, 9.17) is 5.10 Å². The highest BCUT2D eigenvalue weighted by atomic mass is 16.2. The van der Waals surface area contributed by atoms with Gasteiger partial charge in [0.05, 0.1) is 24.5 Å². The van der Waals surface area contributed by atoms with E-state index in [0.717, 1.165) is 70.0 Å². The third-order valence-corrected chi connectivity index (χ3v) is 8.65. The quantitative estimate of drug-likeness (QED) is 0.730. The maximum atomic E-state index is 12.3. The molecule has 4 aliphatic heterocycles. The number of pyridine rings is 1. The van der Waals surface area contributed by atoms with Crippen LogP contribution in [-0.4, -0.2) is 76.3 Å². The standard InChI is InChI=1S/C27H39N7O/c1-20(35)32-16-9-25-24(19-32)27(33-13-2-3-22-6-12-29-17-26(22)33)30-34(25)23-7-14-31(15-8-23)18-21-4-10-28-11-5-21/h6,12,17,21,23,28H,2-5,7-11,13-16,18-19H2,1H3. The summed E-state index contributed by atoms with van der Waals surface area (Å²) >= 11 is 0. The van der Waals surface area contributed by atoms with E-state index < -0.39 is 0 Å². The van der Waals surface area contributed by atoms with Gasteiger partial charge in [-0.3, -0.25) is 14.5 Å². The molecule has 35 heavy (non-hydrogen) atoms. The summed E-state index contributed by atoms with van der Waals surface area (Å²) in [5.41, 5.74) is 5.13. The molecular weight excluding hydrogens is 438 g/mol. The second-order valence-electron chi connectivity index (χ2n) is 10.9. The zero-order valence-electron chi connectivity index (χ0n) is 21.1. The largest absolute Gasteiger partial charge is 0.338 e. The molecule has 2 fully saturated rings. The summed E-state index contributed by atoms with van der Waals surface area (Å²) < 4.78 is 2.37. The molecule has 188 valence electrons. The normalized spacial score (nSPS) is 22.2. The Kier molecular flexibility index (Phi) is 6.50. The lowest BCUT2D eigenvalue weighted by Gasteiger charge is -2.36. The number of amides is 1. The number of carbonyl (C=O) groups is 1. The minimum atomic E-state index is 0.154. The van der Waals surface area contributed by atoms with Crippen LogP contribution in [0.15, 0.2) is 18.5 Å². The fourth-order valence-electron chi connectivity index (χ4n) is 6.63. The Morgan fingerprint density at radius 2 is 1.91 bits per heavy atom. The number of hydrogen-bond acceptors (Lipinski definition) is 6. The zero-order valence-corrected chi connectivity index (χ0v) is 21.1. The summed E-state index contributed by atoms with van der Waals surface area (Å²) in [7, 11) is 0. The van der Waals surface area contributed by atoms with Crippen molar-refractivity contribution >= 4 is 17.4 Å². The van der Waals surface area contributed by atoms with E-state index in [9.17, 15) is 4.79 Å². The van der Waals surface area contributed by atoms with Crippen LogP contribution in [0.2, 0.25) is 0 Å². The highest BCUT2D eigenvalue weighted by molar-refractivity contribution is 5.75. The molecule has 0 unspecified atom stereocenters. The molecular formula is C27H39N7O. The van der Waals surface area contributed by atoms with Crippen molar-refractivity contribution < 1.29 is 4.79 Å². The lowest BCUT2D eigenvalue weighted by molar-refractivity contribution is -0.129. The highest BCUT2D eigenvalue weighted by Gasteiger charge is 2.34. The van der Waals surface area contributed by atoms with Crippen molar-refractivity contribution in [1.82, 2.24) is 29.9 Å². The predicted octanol–water partition coefficient (Wildman–Crippen LogP) is 2.90. The highest BCUT2D eigenvalue weighted by Crippen LogP contribution is 2.39. The number of piperidine rings is 2. The van der Waals surface area contributed by atoms with Crippen molar-refractivity contribution in [3.63, 3.8) is 0 Å². The van der Waals surface area contributed by atoms with Gasteiger partial charge in [0.25, 0.3) is 0 Å². The molecule has 0 aromatic carbocycles. The molecule has 0 radical (unpaired) electrons. The van der Waals surface area contributed by atoms with Gasteiger partial charge < -0.3 is 20.0 Å². The van der Waals surface area contributed by atoms with E-state index in [0.29, 0.717) is 12.6 Å². The topological polar surface area (TPSA) is 69.5 Å². The summed E-state index contributed by atoms with van der Waals surface area (Å²) in [5.74, 6) is 2.06. The van der Waals surface area contributed by atoms with E-state index >= 15 is 0 Å². The minimum Gasteiger partial charge on any atom is -0.338 e. The minimum absolute atomic E-state index is 0.154. The Hall–Kier alpha value is -2.45. The number of carbonyl (C=O) groups excluding carboxylic acids is 1. The van der Waals surface area contributed by atoms with Crippen LogP contribution in [0, 0.1) is 5.92 Å². The van der Waals surface area contributed by atoms with Crippen LogP contribution in [0.4, 0.5) is 11.5 Å². The van der Waals surface area contributed by atoms with Crippen LogP contribution in [0.1, 0.15) is 61.9 Å². The van der Waals surface area contributed by atoms with Crippen molar-refractivity contribution in [2.24, 2.45) is 5.92 Å². The molecule has 2 aromatic rings. The van der Waals surface area contributed by atoms with Crippen molar-refractivity contribution in [3.8, 4) is 0 Å². The molecule has 2 aromatic heterocycles. The molecule has 0 aliphatic carbocycles. The maximum absolute atomic E-state index is 12.3. The number of rotatable bonds is 4. The van der Waals surface area contributed by atoms with Gasteiger partial charge in [-0.05, 0) is 69.2 Å². The summed E-state index contributed by atoms with van der Waals surface area (Å²) in [4.78, 5) is 23.7. The molecule has 1 amide bonds. The lowest BCUT2D eigenvalue weighted by Crippen LogP contribution is -2.41. The Morgan fingerprint density at radius 1 is 1.09 bits per heavy atom. The van der Waals surface area contributed by atoms with Gasteiger partial charge in [-0.25, -0.2) is 0 Å². The van der Waals surface area contributed by atoms with Crippen molar-refractivity contribution in [2.45, 2.75) is 64.5 Å². The van der Waals surface area contributed by atoms with Crippen LogP contribution >= 0.6 is 0 Å². The first-order chi connectivity index (χ1) is 17.2. The molecule has 1 N–H and O–H groups in total. The molecule has 6 heterocycles. The van der Waals surface area contributed by atoms with Crippen LogP contribution in [0.3, 0.4) is 0 Å². The zero-order chi connectivity index (χ0) is 23.8. The second kappa shape index (κ2) is 9.90. The van der Waals surface area contributed by atoms with Crippen molar-refractivity contribution in [3.05, 3.63) is 35.3 Å². The number of hydrogen-bond donors (Lipinski definition) is 1. The van der Waals surface area contributed by atoms with Gasteiger partial charge >= 0.3 is 0 Å². The monoisotopic (exact) mass is 477 g/mol. The first-order valence-corrected chi connectivity index (χ1v) is 13.7. The molecule has 0 saturated carbocycles. The number of nitrogens with one attached hydrogen (secondary N) is 1. The van der Waals surface area contributed by atoms with Gasteiger partial charge in [-0.2, -0.15) is 5.10 Å². The van der Waals surface area contributed by atoms with Gasteiger partial charge in [0, 0.05) is 63.5 Å². The number of aromatic nitrogens is 3. The van der Waals surface area contributed by atoms with Gasteiger partial charge in [-0.15, -0.1) is 0 Å². The van der Waals surface area contributed by atoms with Crippen LogP contribution in [0.5, 0.6) is 0 Å². The number of nitrogens with zero attached hydrogens (tertiary/aromatic N) is 6. The number of likely N-dealkylation sites (tertiary alicyclic amines) is 1. The summed E-state index contributed by atoms with van der Waals surface area (Å²) in [6, 6.07) is 2.59. The van der Waals surface area contributed by atoms with E-state index in [-0.39, 0.29) is 5.91 Å². The summed E-state index contributed by atoms with van der Waals surface area (Å²) in [6.07, 6.45) is 11.9. The summed E-state index contributed by atoms with van der Waals surface area (Å²) in [6.45, 7) is 10.0. The second-order valence-corrected chi connectivity index (χ2v) is 10.9. The van der Waals surface area contributed by atoms with E-state index in [1.165, 1.54) is 55.0 Å². The van der Waals surface area contributed by atoms with Crippen molar-refractivity contribution in [1.29, 1.82) is 0 Å². The first-order valence-electron chi connectivity index (χ1n) is 13.7. The molecule has 0 spiro atoms. The maximum Gasteiger partial charge on any atom is 0.219 e. The van der Waals surface area contributed by atoms with Gasteiger partial charge in [0.2, 0.25) is 5.91 Å². The van der Waals surface area contributed by atoms with Gasteiger partial charge in [0.1, 0.15) is 0 Å². The smallest absolute Gasteiger partial charge is 0.219 e. The van der Waals surface area contributed by atoms with Crippen molar-refractivity contribution in [2.75, 3.05) is 50.7 Å². The van der Waals surface area contributed by atoms with Crippen LogP contribution < -0.4 is 10.2 Å². The molecule has 4 aliphatic rings. The Balaban J connectivity index is 1.26. The van der Waals surface area contributed by atoms with E-state index in [1.807, 2.05) is 17.3 Å². The number of aryl methyl sites for hydroxylation is 1. The third-order valence-electron chi connectivity index (χ3n) is 8.65. The van der Waals surface area contributed by atoms with Crippen LogP contribution in [0.25, 0.3) is 0 Å². The molecule has 8 heteroatoms. The van der Waals surface area contributed by atoms with Gasteiger partial charge in [-0.1, -0.05) is 0 Å². The molecule has 0 bridgehead atoms.